The number of rotatable bonds is 3. The Kier molecular flexibility index (Phi) is 4.69. The van der Waals surface area contributed by atoms with Gasteiger partial charge in [-0.05, 0) is 25.1 Å². The number of ether oxygens (including phenoxy) is 1. The van der Waals surface area contributed by atoms with Crippen LogP contribution in [0.15, 0.2) is 23.4 Å². The van der Waals surface area contributed by atoms with E-state index in [4.69, 9.17) is 27.3 Å². The summed E-state index contributed by atoms with van der Waals surface area (Å²) in [5, 5.41) is 21.8. The summed E-state index contributed by atoms with van der Waals surface area (Å²) in [6.07, 6.45) is -0.259. The molecular weight excluding hydrogens is 282 g/mol. The van der Waals surface area contributed by atoms with Gasteiger partial charge in [-0.2, -0.15) is 0 Å². The van der Waals surface area contributed by atoms with Gasteiger partial charge in [-0.3, -0.25) is 0 Å². The highest BCUT2D eigenvalue weighted by Crippen LogP contribution is 2.28. The Morgan fingerprint density at radius 2 is 2.35 bits per heavy atom. The number of amidine groups is 1. The van der Waals surface area contributed by atoms with E-state index in [0.29, 0.717) is 23.7 Å². The predicted octanol–water partition coefficient (Wildman–Crippen LogP) is 1.02. The number of aliphatic hydroxyl groups is 1. The van der Waals surface area contributed by atoms with E-state index in [1.54, 1.807) is 18.2 Å². The van der Waals surface area contributed by atoms with E-state index in [9.17, 15) is 5.11 Å². The zero-order chi connectivity index (χ0) is 14.7. The maximum absolute atomic E-state index is 9.26. The van der Waals surface area contributed by atoms with Gasteiger partial charge in [0.15, 0.2) is 5.84 Å². The first kappa shape index (κ1) is 14.9. The number of hydrogen-bond acceptors (Lipinski definition) is 5. The number of nitrogens with two attached hydrogens (primary N) is 1. The highest BCUT2D eigenvalue weighted by atomic mass is 35.5. The van der Waals surface area contributed by atoms with E-state index in [1.165, 1.54) is 0 Å². The minimum atomic E-state index is -0.259. The van der Waals surface area contributed by atoms with Crippen LogP contribution in [0.1, 0.15) is 12.5 Å². The zero-order valence-electron chi connectivity index (χ0n) is 11.2. The maximum Gasteiger partial charge on any atom is 0.172 e. The second kappa shape index (κ2) is 6.30. The van der Waals surface area contributed by atoms with E-state index in [0.717, 1.165) is 5.69 Å². The molecule has 0 radical (unpaired) electrons. The number of anilines is 1. The van der Waals surface area contributed by atoms with Crippen LogP contribution < -0.4 is 10.6 Å². The fourth-order valence-corrected chi connectivity index (χ4v) is 2.44. The topological polar surface area (TPSA) is 91.3 Å². The van der Waals surface area contributed by atoms with Crippen molar-refractivity contribution in [3.05, 3.63) is 28.8 Å². The van der Waals surface area contributed by atoms with Gasteiger partial charge in [-0.15, -0.1) is 0 Å². The van der Waals surface area contributed by atoms with E-state index < -0.39 is 0 Å². The molecule has 1 fully saturated rings. The molecule has 1 heterocycles. The largest absolute Gasteiger partial charge is 0.409 e. The fraction of sp³-hybridized carbons (Fsp3) is 0.462. The Morgan fingerprint density at radius 1 is 1.60 bits per heavy atom. The summed E-state index contributed by atoms with van der Waals surface area (Å²) in [6, 6.07) is 5.27. The number of hydrogen-bond donors (Lipinski definition) is 3. The molecule has 4 N–H and O–H groups in total. The van der Waals surface area contributed by atoms with E-state index in [1.807, 2.05) is 11.8 Å². The second-order valence-corrected chi connectivity index (χ2v) is 5.22. The van der Waals surface area contributed by atoms with E-state index >= 15 is 0 Å². The molecule has 1 saturated heterocycles. The summed E-state index contributed by atoms with van der Waals surface area (Å²) in [4.78, 5) is 2.05. The van der Waals surface area contributed by atoms with Crippen LogP contribution in [0.3, 0.4) is 0 Å². The Labute approximate surface area is 122 Å². The van der Waals surface area contributed by atoms with Crippen molar-refractivity contribution in [2.24, 2.45) is 10.9 Å². The molecule has 2 unspecified atom stereocenters. The molecule has 0 spiro atoms. The third-order valence-electron chi connectivity index (χ3n) is 3.36. The molecule has 1 aromatic rings. The average Bonchev–Trinajstić information content (AvgIpc) is 2.47. The number of oxime groups is 1. The molecule has 0 aromatic heterocycles. The van der Waals surface area contributed by atoms with E-state index in [-0.39, 0.29) is 24.6 Å². The van der Waals surface area contributed by atoms with Gasteiger partial charge in [-0.1, -0.05) is 16.8 Å². The summed E-state index contributed by atoms with van der Waals surface area (Å²) in [7, 11) is 0. The molecule has 110 valence electrons. The van der Waals surface area contributed by atoms with Gasteiger partial charge in [0, 0.05) is 28.9 Å². The summed E-state index contributed by atoms with van der Waals surface area (Å²) in [5.41, 5.74) is 7.08. The monoisotopic (exact) mass is 299 g/mol. The molecule has 6 nitrogen and oxygen atoms in total. The van der Waals surface area contributed by atoms with Gasteiger partial charge >= 0.3 is 0 Å². The van der Waals surface area contributed by atoms with Gasteiger partial charge < -0.3 is 25.7 Å². The number of morpholine rings is 1. The van der Waals surface area contributed by atoms with Gasteiger partial charge in [0.25, 0.3) is 0 Å². The highest BCUT2D eigenvalue weighted by Gasteiger charge is 2.28. The number of halogens is 1. The van der Waals surface area contributed by atoms with Crippen LogP contribution in [0, 0.1) is 0 Å². The number of aliphatic hydroxyl groups excluding tert-OH is 1. The molecule has 0 amide bonds. The van der Waals surface area contributed by atoms with Crippen LogP contribution in [0.2, 0.25) is 5.02 Å². The molecule has 1 aromatic carbocycles. The van der Waals surface area contributed by atoms with Crippen molar-refractivity contribution in [3.63, 3.8) is 0 Å². The molecule has 0 aliphatic carbocycles. The third kappa shape index (κ3) is 2.98. The first-order chi connectivity index (χ1) is 9.56. The normalized spacial score (nSPS) is 23.9. The molecule has 7 heteroatoms. The highest BCUT2D eigenvalue weighted by molar-refractivity contribution is 6.31. The SMILES string of the molecule is CC1COC(CO)CN1c1cc(Cl)ccc1/C(N)=N/O. The molecule has 0 saturated carbocycles. The fourth-order valence-electron chi connectivity index (χ4n) is 2.28. The maximum atomic E-state index is 9.26. The van der Waals surface area contributed by atoms with Crippen molar-refractivity contribution in [1.29, 1.82) is 0 Å². The molecule has 0 bridgehead atoms. The summed E-state index contributed by atoms with van der Waals surface area (Å²) in [6.45, 7) is 2.96. The lowest BCUT2D eigenvalue weighted by atomic mass is 10.1. The number of benzene rings is 1. The third-order valence-corrected chi connectivity index (χ3v) is 3.60. The van der Waals surface area contributed by atoms with E-state index in [2.05, 4.69) is 5.16 Å². The number of nitrogens with zero attached hydrogens (tertiary/aromatic N) is 2. The molecule has 2 atom stereocenters. The van der Waals surface area contributed by atoms with Gasteiger partial charge in [0.2, 0.25) is 0 Å². The van der Waals surface area contributed by atoms with Crippen molar-refractivity contribution >= 4 is 23.1 Å². The quantitative estimate of drug-likeness (QED) is 0.335. The van der Waals surface area contributed by atoms with Crippen LogP contribution in [0.25, 0.3) is 0 Å². The van der Waals surface area contributed by atoms with Crippen LogP contribution in [-0.4, -0.2) is 48.1 Å². The summed E-state index contributed by atoms with van der Waals surface area (Å²) < 4.78 is 5.51. The van der Waals surface area contributed by atoms with Crippen LogP contribution in [0.4, 0.5) is 5.69 Å². The average molecular weight is 300 g/mol. The Morgan fingerprint density at radius 3 is 3.00 bits per heavy atom. The minimum absolute atomic E-state index is 0.0240. The first-order valence-corrected chi connectivity index (χ1v) is 6.71. The lowest BCUT2D eigenvalue weighted by molar-refractivity contribution is -0.0103. The lowest BCUT2D eigenvalue weighted by Gasteiger charge is -2.40. The zero-order valence-corrected chi connectivity index (χ0v) is 11.9. The second-order valence-electron chi connectivity index (χ2n) is 4.79. The Hall–Kier alpha value is -1.50. The van der Waals surface area contributed by atoms with Gasteiger partial charge in [0.05, 0.1) is 19.3 Å². The Bertz CT molecular complexity index is 510. The van der Waals surface area contributed by atoms with Crippen LogP contribution >= 0.6 is 11.6 Å². The smallest absolute Gasteiger partial charge is 0.172 e. The predicted molar refractivity (Wildman–Crippen MR) is 77.6 cm³/mol. The van der Waals surface area contributed by atoms with Crippen molar-refractivity contribution in [3.8, 4) is 0 Å². The molecule has 20 heavy (non-hydrogen) atoms. The van der Waals surface area contributed by atoms with Crippen LogP contribution in [0.5, 0.6) is 0 Å². The van der Waals surface area contributed by atoms with Crippen molar-refractivity contribution in [2.45, 2.75) is 19.1 Å². The molecule has 1 aliphatic rings. The van der Waals surface area contributed by atoms with Crippen molar-refractivity contribution in [1.82, 2.24) is 0 Å². The van der Waals surface area contributed by atoms with Gasteiger partial charge in [-0.25, -0.2) is 0 Å². The Balaban J connectivity index is 2.41. The first-order valence-electron chi connectivity index (χ1n) is 6.33. The molecular formula is C13H18ClN3O3. The standard InChI is InChI=1S/C13H18ClN3O3/c1-8-7-20-10(6-18)5-17(8)12-4-9(14)2-3-11(12)13(15)16-19/h2-4,8,10,18-19H,5-7H2,1H3,(H2,15,16). The molecule has 2 rings (SSSR count). The van der Waals surface area contributed by atoms with Gasteiger partial charge in [0.1, 0.15) is 0 Å². The minimum Gasteiger partial charge on any atom is -0.409 e. The van der Waals surface area contributed by atoms with Crippen molar-refractivity contribution in [2.75, 3.05) is 24.7 Å². The molecule has 1 aliphatic heterocycles. The lowest BCUT2D eigenvalue weighted by Crippen LogP contribution is -2.50. The summed E-state index contributed by atoms with van der Waals surface area (Å²) >= 11 is 6.05. The van der Waals surface area contributed by atoms with Crippen molar-refractivity contribution < 1.29 is 15.1 Å². The van der Waals surface area contributed by atoms with Crippen LogP contribution in [-0.2, 0) is 4.74 Å². The summed E-state index contributed by atoms with van der Waals surface area (Å²) in [5.74, 6) is 0.0240.